The van der Waals surface area contributed by atoms with Gasteiger partial charge >= 0.3 is 12.0 Å². The predicted molar refractivity (Wildman–Crippen MR) is 96.7 cm³/mol. The van der Waals surface area contributed by atoms with Gasteiger partial charge in [-0.2, -0.15) is 0 Å². The van der Waals surface area contributed by atoms with Gasteiger partial charge in [-0.25, -0.2) is 9.59 Å². The number of rotatable bonds is 4. The van der Waals surface area contributed by atoms with Crippen LogP contribution in [0.3, 0.4) is 0 Å². The molecule has 7 nitrogen and oxygen atoms in total. The molecule has 0 bridgehead atoms. The Bertz CT molecular complexity index is 869. The van der Waals surface area contributed by atoms with E-state index in [2.05, 4.69) is 4.98 Å². The second-order valence-corrected chi connectivity index (χ2v) is 6.97. The number of carbonyl (C=O) groups excluding carboxylic acids is 3. The number of urea groups is 1. The second kappa shape index (κ2) is 7.19. The molecule has 1 aliphatic carbocycles. The van der Waals surface area contributed by atoms with Crippen LogP contribution in [0.2, 0.25) is 0 Å². The van der Waals surface area contributed by atoms with Crippen LogP contribution in [0.25, 0.3) is 10.9 Å². The highest BCUT2D eigenvalue weighted by atomic mass is 16.5. The number of hydrogen-bond acceptors (Lipinski definition) is 4. The Balaban J connectivity index is 1.84. The number of nitrogens with one attached hydrogen (secondary N) is 2. The molecule has 0 radical (unpaired) electrons. The molecule has 2 aromatic rings. The number of H-pyrrole nitrogens is 1. The van der Waals surface area contributed by atoms with Gasteiger partial charge in [0.1, 0.15) is 0 Å². The van der Waals surface area contributed by atoms with Crippen LogP contribution < -0.4 is 11.1 Å². The predicted octanol–water partition coefficient (Wildman–Crippen LogP) is 2.42. The number of hydrogen-bond donors (Lipinski definition) is 3. The lowest BCUT2D eigenvalue weighted by atomic mass is 9.95. The van der Waals surface area contributed by atoms with Crippen molar-refractivity contribution >= 4 is 28.8 Å². The Kier molecular flexibility index (Phi) is 4.97. The zero-order valence-electron chi connectivity index (χ0n) is 14.9. The maximum atomic E-state index is 12.6. The van der Waals surface area contributed by atoms with Crippen LogP contribution in [0, 0.1) is 5.92 Å². The first-order chi connectivity index (χ1) is 12.4. The monoisotopic (exact) mass is 357 g/mol. The number of nitrogens with two attached hydrogens (primary N) is 1. The van der Waals surface area contributed by atoms with Gasteiger partial charge in [0.15, 0.2) is 6.10 Å². The van der Waals surface area contributed by atoms with Crippen molar-refractivity contribution in [2.75, 3.05) is 0 Å². The summed E-state index contributed by atoms with van der Waals surface area (Å²) in [6, 6.07) is 4.37. The normalized spacial score (nSPS) is 14.7. The molecule has 0 saturated heterocycles. The number of ether oxygens (including phenoxy) is 1. The number of esters is 1. The molecule has 1 unspecified atom stereocenters. The van der Waals surface area contributed by atoms with E-state index in [9.17, 15) is 14.4 Å². The quantitative estimate of drug-likeness (QED) is 0.729. The molecular weight excluding hydrogens is 334 g/mol. The highest BCUT2D eigenvalue weighted by Gasteiger charge is 2.28. The lowest BCUT2D eigenvalue weighted by Gasteiger charge is -2.19. The maximum absolute atomic E-state index is 12.6. The Morgan fingerprint density at radius 1 is 1.19 bits per heavy atom. The minimum atomic E-state index is -1.09. The zero-order valence-corrected chi connectivity index (χ0v) is 14.9. The number of aryl methyl sites for hydroxylation is 2. The minimum Gasteiger partial charge on any atom is -0.448 e. The van der Waals surface area contributed by atoms with Gasteiger partial charge in [0.25, 0.3) is 5.91 Å². The van der Waals surface area contributed by atoms with E-state index < -0.39 is 24.0 Å². The van der Waals surface area contributed by atoms with Gasteiger partial charge < -0.3 is 15.5 Å². The van der Waals surface area contributed by atoms with Crippen LogP contribution in [0.1, 0.15) is 48.3 Å². The molecule has 1 heterocycles. The molecule has 3 amide bonds. The molecule has 26 heavy (non-hydrogen) atoms. The summed E-state index contributed by atoms with van der Waals surface area (Å²) in [5.41, 5.74) is 8.84. The van der Waals surface area contributed by atoms with E-state index in [1.807, 2.05) is 17.4 Å². The van der Waals surface area contributed by atoms with Crippen LogP contribution in [-0.2, 0) is 22.4 Å². The smallest absolute Gasteiger partial charge is 0.338 e. The van der Waals surface area contributed by atoms with Gasteiger partial charge in [0.05, 0.1) is 5.56 Å². The zero-order chi connectivity index (χ0) is 18.8. The van der Waals surface area contributed by atoms with Crippen molar-refractivity contribution in [2.45, 2.75) is 45.6 Å². The lowest BCUT2D eigenvalue weighted by molar-refractivity contribution is -0.130. The van der Waals surface area contributed by atoms with Crippen LogP contribution in [0.4, 0.5) is 4.79 Å². The SMILES string of the molecule is CC(C)C(OC(=O)c1ccc2[nH]c3c(c2c1)CCCC3)C(=O)NC(N)=O. The first-order valence-corrected chi connectivity index (χ1v) is 8.81. The summed E-state index contributed by atoms with van der Waals surface area (Å²) in [7, 11) is 0. The minimum absolute atomic E-state index is 0.304. The number of aromatic amines is 1. The standard InChI is InChI=1S/C19H23N3O4/c1-10(2)16(17(23)22-19(20)25)26-18(24)11-7-8-15-13(9-11)12-5-3-4-6-14(12)21-15/h7-10,16,21H,3-6H2,1-2H3,(H3,20,22,23,25). The summed E-state index contributed by atoms with van der Waals surface area (Å²) in [5.74, 6) is -1.63. The van der Waals surface area contributed by atoms with Crippen LogP contribution >= 0.6 is 0 Å². The summed E-state index contributed by atoms with van der Waals surface area (Å²) < 4.78 is 5.36. The fraction of sp³-hybridized carbons (Fsp3) is 0.421. The fourth-order valence-electron chi connectivity index (χ4n) is 3.40. The molecule has 1 aromatic heterocycles. The van der Waals surface area contributed by atoms with Crippen molar-refractivity contribution in [3.63, 3.8) is 0 Å². The van der Waals surface area contributed by atoms with E-state index in [1.54, 1.807) is 19.9 Å². The second-order valence-electron chi connectivity index (χ2n) is 6.97. The lowest BCUT2D eigenvalue weighted by Crippen LogP contribution is -2.45. The Hall–Kier alpha value is -2.83. The number of aromatic nitrogens is 1. The van der Waals surface area contributed by atoms with E-state index in [-0.39, 0.29) is 5.92 Å². The third kappa shape index (κ3) is 3.56. The molecule has 0 spiro atoms. The number of fused-ring (bicyclic) bond motifs is 3. The molecule has 0 fully saturated rings. The van der Waals surface area contributed by atoms with E-state index in [1.165, 1.54) is 17.7 Å². The Labute approximate surface area is 151 Å². The molecule has 1 aromatic carbocycles. The van der Waals surface area contributed by atoms with Crippen molar-refractivity contribution in [3.8, 4) is 0 Å². The van der Waals surface area contributed by atoms with Crippen molar-refractivity contribution in [3.05, 3.63) is 35.0 Å². The molecular formula is C19H23N3O4. The molecule has 0 saturated carbocycles. The number of benzene rings is 1. The van der Waals surface area contributed by atoms with Gasteiger partial charge in [0, 0.05) is 16.6 Å². The van der Waals surface area contributed by atoms with Gasteiger partial charge in [-0.15, -0.1) is 0 Å². The largest absolute Gasteiger partial charge is 0.448 e. The first-order valence-electron chi connectivity index (χ1n) is 8.81. The number of carbonyl (C=O) groups is 3. The van der Waals surface area contributed by atoms with Crippen LogP contribution in [-0.4, -0.2) is 29.0 Å². The van der Waals surface area contributed by atoms with Crippen LogP contribution in [0.15, 0.2) is 18.2 Å². The van der Waals surface area contributed by atoms with Crippen molar-refractivity contribution in [2.24, 2.45) is 11.7 Å². The first kappa shape index (κ1) is 18.0. The third-order valence-electron chi connectivity index (χ3n) is 4.68. The van der Waals surface area contributed by atoms with E-state index in [0.717, 1.165) is 30.2 Å². The summed E-state index contributed by atoms with van der Waals surface area (Å²) >= 11 is 0. The maximum Gasteiger partial charge on any atom is 0.338 e. The molecule has 7 heteroatoms. The Morgan fingerprint density at radius 2 is 1.92 bits per heavy atom. The van der Waals surface area contributed by atoms with Gasteiger partial charge in [-0.1, -0.05) is 13.8 Å². The van der Waals surface area contributed by atoms with Crippen LogP contribution in [0.5, 0.6) is 0 Å². The summed E-state index contributed by atoms with van der Waals surface area (Å²) in [6.45, 7) is 3.45. The van der Waals surface area contributed by atoms with Gasteiger partial charge in [-0.3, -0.25) is 10.1 Å². The molecule has 1 atom stereocenters. The molecule has 138 valence electrons. The van der Waals surface area contributed by atoms with Gasteiger partial charge in [-0.05, 0) is 55.4 Å². The third-order valence-corrected chi connectivity index (χ3v) is 4.68. The summed E-state index contributed by atoms with van der Waals surface area (Å²) in [5, 5.41) is 2.99. The highest BCUT2D eigenvalue weighted by molar-refractivity contribution is 6.00. The van der Waals surface area contributed by atoms with E-state index >= 15 is 0 Å². The summed E-state index contributed by atoms with van der Waals surface area (Å²) in [4.78, 5) is 38.9. The topological polar surface area (TPSA) is 114 Å². The fourth-order valence-corrected chi connectivity index (χ4v) is 3.40. The van der Waals surface area contributed by atoms with E-state index in [0.29, 0.717) is 5.56 Å². The molecule has 1 aliphatic rings. The number of amides is 3. The van der Waals surface area contributed by atoms with Gasteiger partial charge in [0.2, 0.25) is 0 Å². The molecule has 4 N–H and O–H groups in total. The number of imide groups is 1. The summed E-state index contributed by atoms with van der Waals surface area (Å²) in [6.07, 6.45) is 3.22. The average Bonchev–Trinajstić information content (AvgIpc) is 2.96. The van der Waals surface area contributed by atoms with E-state index in [4.69, 9.17) is 10.5 Å². The van der Waals surface area contributed by atoms with Crippen molar-refractivity contribution in [1.29, 1.82) is 0 Å². The average molecular weight is 357 g/mol. The van der Waals surface area contributed by atoms with Crippen molar-refractivity contribution in [1.82, 2.24) is 10.3 Å². The Morgan fingerprint density at radius 3 is 2.62 bits per heavy atom. The highest BCUT2D eigenvalue weighted by Crippen LogP contribution is 2.30. The molecule has 0 aliphatic heterocycles. The number of primary amides is 1. The van der Waals surface area contributed by atoms with Crippen molar-refractivity contribution < 1.29 is 19.1 Å². The molecule has 3 rings (SSSR count).